The second-order valence-corrected chi connectivity index (χ2v) is 7.25. The predicted octanol–water partition coefficient (Wildman–Crippen LogP) is 2.52. The van der Waals surface area contributed by atoms with E-state index in [-0.39, 0.29) is 16.4 Å². The third-order valence-electron chi connectivity index (χ3n) is 4.51. The molecule has 1 fully saturated rings. The minimum atomic E-state index is -5.00. The summed E-state index contributed by atoms with van der Waals surface area (Å²) in [5.74, 6) is -3.28. The standard InChI is InChI=1S/C18H12F4N6O2S/c1-17(2)15(30)27(12-7-25-11(6-23)13(26-12)18(20,21)22)16(31)28(17)8-3-4-9(14(24)29)10(19)5-8/h3-5,7H,1-2H3,(H2,24,29). The van der Waals surface area contributed by atoms with E-state index in [4.69, 9.17) is 23.2 Å². The Balaban J connectivity index is 2.12. The number of nitrogens with zero attached hydrogens (tertiary/aromatic N) is 5. The number of aromatic nitrogens is 2. The molecule has 0 aliphatic carbocycles. The quantitative estimate of drug-likeness (QED) is 0.562. The van der Waals surface area contributed by atoms with Crippen molar-refractivity contribution >= 4 is 40.6 Å². The van der Waals surface area contributed by atoms with E-state index in [2.05, 4.69) is 9.97 Å². The van der Waals surface area contributed by atoms with Crippen LogP contribution in [0, 0.1) is 17.1 Å². The second kappa shape index (κ2) is 7.24. The van der Waals surface area contributed by atoms with Crippen LogP contribution in [-0.4, -0.2) is 32.4 Å². The highest BCUT2D eigenvalue weighted by Gasteiger charge is 2.51. The molecule has 13 heteroatoms. The summed E-state index contributed by atoms with van der Waals surface area (Å²) in [6, 6.07) is 4.61. The zero-order valence-corrected chi connectivity index (χ0v) is 16.7. The molecule has 31 heavy (non-hydrogen) atoms. The summed E-state index contributed by atoms with van der Waals surface area (Å²) in [6.07, 6.45) is -4.18. The van der Waals surface area contributed by atoms with Gasteiger partial charge < -0.3 is 10.6 Å². The third kappa shape index (κ3) is 3.55. The van der Waals surface area contributed by atoms with E-state index in [1.54, 1.807) is 0 Å². The molecule has 0 atom stereocenters. The maximum atomic E-state index is 14.3. The molecule has 2 heterocycles. The monoisotopic (exact) mass is 452 g/mol. The molecule has 2 N–H and O–H groups in total. The number of hydrogen-bond donors (Lipinski definition) is 1. The van der Waals surface area contributed by atoms with Crippen molar-refractivity contribution < 1.29 is 27.2 Å². The molecule has 8 nitrogen and oxygen atoms in total. The normalized spacial score (nSPS) is 15.9. The number of carbonyl (C=O) groups is 2. The van der Waals surface area contributed by atoms with Gasteiger partial charge in [0.05, 0.1) is 11.8 Å². The molecule has 1 aliphatic rings. The first kappa shape index (κ1) is 22.0. The fourth-order valence-corrected chi connectivity index (χ4v) is 3.55. The highest BCUT2D eigenvalue weighted by molar-refractivity contribution is 7.81. The van der Waals surface area contributed by atoms with Crippen molar-refractivity contribution in [3.63, 3.8) is 0 Å². The number of amides is 2. The Bertz CT molecular complexity index is 1170. The molecule has 1 aromatic carbocycles. The Hall–Kier alpha value is -3.66. The number of nitriles is 1. The fraction of sp³-hybridized carbons (Fsp3) is 0.222. The zero-order valence-electron chi connectivity index (χ0n) is 15.9. The number of nitrogens with two attached hydrogens (primary N) is 1. The van der Waals surface area contributed by atoms with E-state index in [1.807, 2.05) is 0 Å². The first-order valence-corrected chi connectivity index (χ1v) is 8.84. The van der Waals surface area contributed by atoms with Crippen LogP contribution in [0.4, 0.5) is 29.1 Å². The van der Waals surface area contributed by atoms with Crippen molar-refractivity contribution in [1.82, 2.24) is 9.97 Å². The first-order chi connectivity index (χ1) is 14.3. The van der Waals surface area contributed by atoms with Gasteiger partial charge in [-0.2, -0.15) is 18.4 Å². The summed E-state index contributed by atoms with van der Waals surface area (Å²) >= 11 is 5.28. The van der Waals surface area contributed by atoms with E-state index in [0.29, 0.717) is 0 Å². The Labute approximate surface area is 177 Å². The minimum absolute atomic E-state index is 0.0611. The molecule has 0 saturated carbocycles. The number of anilines is 2. The highest BCUT2D eigenvalue weighted by atomic mass is 32.1. The highest BCUT2D eigenvalue weighted by Crippen LogP contribution is 2.37. The number of hydrogen-bond acceptors (Lipinski definition) is 6. The molecule has 160 valence electrons. The van der Waals surface area contributed by atoms with Gasteiger partial charge in [0.1, 0.15) is 17.4 Å². The van der Waals surface area contributed by atoms with E-state index in [1.165, 1.54) is 30.9 Å². The lowest BCUT2D eigenvalue weighted by Gasteiger charge is -2.29. The molecule has 0 unspecified atom stereocenters. The number of halogens is 4. The Morgan fingerprint density at radius 1 is 1.32 bits per heavy atom. The molecule has 2 amide bonds. The summed E-state index contributed by atoms with van der Waals surface area (Å²) in [5, 5.41) is 8.57. The molecule has 0 spiro atoms. The van der Waals surface area contributed by atoms with Crippen molar-refractivity contribution in [1.29, 1.82) is 5.26 Å². The second-order valence-electron chi connectivity index (χ2n) is 6.88. The SMILES string of the molecule is CC1(C)C(=O)N(c2cnc(C#N)c(C(F)(F)F)n2)C(=S)N1c1ccc(C(N)=O)c(F)c1. The molecular weight excluding hydrogens is 440 g/mol. The lowest BCUT2D eigenvalue weighted by Crippen LogP contribution is -2.44. The van der Waals surface area contributed by atoms with Crippen molar-refractivity contribution in [3.8, 4) is 6.07 Å². The summed E-state index contributed by atoms with van der Waals surface area (Å²) in [7, 11) is 0. The molecule has 0 radical (unpaired) electrons. The lowest BCUT2D eigenvalue weighted by molar-refractivity contribution is -0.141. The van der Waals surface area contributed by atoms with Gasteiger partial charge in [-0.3, -0.25) is 9.59 Å². The number of benzene rings is 1. The number of alkyl halides is 3. The average Bonchev–Trinajstić information content (AvgIpc) is 2.84. The van der Waals surface area contributed by atoms with Gasteiger partial charge in [0.25, 0.3) is 11.8 Å². The van der Waals surface area contributed by atoms with Crippen molar-refractivity contribution in [2.24, 2.45) is 5.73 Å². The van der Waals surface area contributed by atoms with Gasteiger partial charge in [0, 0.05) is 5.69 Å². The Morgan fingerprint density at radius 3 is 2.48 bits per heavy atom. The topological polar surface area (TPSA) is 116 Å². The molecule has 1 saturated heterocycles. The first-order valence-electron chi connectivity index (χ1n) is 8.43. The molecule has 3 rings (SSSR count). The van der Waals surface area contributed by atoms with Gasteiger partial charge >= 0.3 is 6.18 Å². The fourth-order valence-electron chi connectivity index (χ4n) is 3.04. The van der Waals surface area contributed by atoms with Gasteiger partial charge in [-0.15, -0.1) is 0 Å². The van der Waals surface area contributed by atoms with Gasteiger partial charge in [-0.25, -0.2) is 19.3 Å². The molecule has 1 aliphatic heterocycles. The zero-order chi connectivity index (χ0) is 23.3. The summed E-state index contributed by atoms with van der Waals surface area (Å²) in [6.45, 7) is 2.84. The van der Waals surface area contributed by atoms with Crippen LogP contribution >= 0.6 is 12.2 Å². The third-order valence-corrected chi connectivity index (χ3v) is 4.87. The smallest absolute Gasteiger partial charge is 0.366 e. The predicted molar refractivity (Wildman–Crippen MR) is 103 cm³/mol. The van der Waals surface area contributed by atoms with Crippen molar-refractivity contribution in [3.05, 3.63) is 47.2 Å². The van der Waals surface area contributed by atoms with Gasteiger partial charge in [-0.1, -0.05) is 0 Å². The van der Waals surface area contributed by atoms with Crippen LogP contribution < -0.4 is 15.5 Å². The number of primary amides is 1. The van der Waals surface area contributed by atoms with Crippen LogP contribution in [0.5, 0.6) is 0 Å². The summed E-state index contributed by atoms with van der Waals surface area (Å²) in [5.41, 5.74) is 0.766. The van der Waals surface area contributed by atoms with Crippen LogP contribution in [0.3, 0.4) is 0 Å². The van der Waals surface area contributed by atoms with E-state index in [9.17, 15) is 27.2 Å². The molecule has 1 aromatic heterocycles. The molecule has 2 aromatic rings. The van der Waals surface area contributed by atoms with E-state index >= 15 is 0 Å². The van der Waals surface area contributed by atoms with Crippen molar-refractivity contribution in [2.45, 2.75) is 25.6 Å². The van der Waals surface area contributed by atoms with Crippen LogP contribution in [-0.2, 0) is 11.0 Å². The maximum Gasteiger partial charge on any atom is 0.436 e. The lowest BCUT2D eigenvalue weighted by atomic mass is 10.0. The number of thiocarbonyl (C=S) groups is 1. The Morgan fingerprint density at radius 2 is 1.97 bits per heavy atom. The largest absolute Gasteiger partial charge is 0.436 e. The van der Waals surface area contributed by atoms with Gasteiger partial charge in [-0.05, 0) is 44.3 Å². The van der Waals surface area contributed by atoms with Crippen LogP contribution in [0.25, 0.3) is 0 Å². The maximum absolute atomic E-state index is 14.3. The minimum Gasteiger partial charge on any atom is -0.366 e. The van der Waals surface area contributed by atoms with Crippen molar-refractivity contribution in [2.75, 3.05) is 9.80 Å². The Kier molecular flexibility index (Phi) is 5.14. The summed E-state index contributed by atoms with van der Waals surface area (Å²) in [4.78, 5) is 33.0. The molecular formula is C18H12F4N6O2S. The van der Waals surface area contributed by atoms with Crippen LogP contribution in [0.15, 0.2) is 24.4 Å². The molecule has 0 bridgehead atoms. The average molecular weight is 452 g/mol. The van der Waals surface area contributed by atoms with Gasteiger partial charge in [0.2, 0.25) is 0 Å². The van der Waals surface area contributed by atoms with E-state index in [0.717, 1.165) is 23.2 Å². The number of rotatable bonds is 3. The van der Waals surface area contributed by atoms with Crippen LogP contribution in [0.1, 0.15) is 35.6 Å². The van der Waals surface area contributed by atoms with Crippen LogP contribution in [0.2, 0.25) is 0 Å². The van der Waals surface area contributed by atoms with Gasteiger partial charge in [0.15, 0.2) is 22.3 Å². The van der Waals surface area contributed by atoms with E-state index < -0.39 is 46.6 Å². The number of carbonyl (C=O) groups excluding carboxylic acids is 2. The summed E-state index contributed by atoms with van der Waals surface area (Å²) < 4.78 is 54.0.